The standard InChI is InChI=1S/C15H15Br2N3/c1-2-18-15-12(17)13(9-7-8-9)19-14(20-15)10-5-3-4-6-11(10)16/h3-6,9H,2,7-8H2,1H3,(H,18,19,20). The number of aromatic nitrogens is 2. The highest BCUT2D eigenvalue weighted by Gasteiger charge is 2.29. The van der Waals surface area contributed by atoms with Gasteiger partial charge in [0, 0.05) is 22.5 Å². The van der Waals surface area contributed by atoms with Gasteiger partial charge in [-0.25, -0.2) is 9.97 Å². The zero-order valence-corrected chi connectivity index (χ0v) is 14.3. The van der Waals surface area contributed by atoms with Gasteiger partial charge in [0.05, 0.1) is 10.2 Å². The van der Waals surface area contributed by atoms with Crippen LogP contribution in [-0.4, -0.2) is 16.5 Å². The first-order valence-corrected chi connectivity index (χ1v) is 8.35. The van der Waals surface area contributed by atoms with Crippen molar-refractivity contribution in [3.63, 3.8) is 0 Å². The van der Waals surface area contributed by atoms with Gasteiger partial charge in [-0.3, -0.25) is 0 Å². The number of nitrogens with zero attached hydrogens (tertiary/aromatic N) is 2. The van der Waals surface area contributed by atoms with Gasteiger partial charge in [0.25, 0.3) is 0 Å². The van der Waals surface area contributed by atoms with Crippen LogP contribution in [0.5, 0.6) is 0 Å². The van der Waals surface area contributed by atoms with E-state index < -0.39 is 0 Å². The van der Waals surface area contributed by atoms with Gasteiger partial charge in [-0.1, -0.05) is 34.1 Å². The van der Waals surface area contributed by atoms with E-state index in [1.165, 1.54) is 12.8 Å². The molecule has 0 radical (unpaired) electrons. The molecule has 3 nitrogen and oxygen atoms in total. The smallest absolute Gasteiger partial charge is 0.162 e. The van der Waals surface area contributed by atoms with Gasteiger partial charge in [-0.05, 0) is 41.8 Å². The maximum atomic E-state index is 4.78. The summed E-state index contributed by atoms with van der Waals surface area (Å²) in [6.45, 7) is 2.92. The monoisotopic (exact) mass is 395 g/mol. The molecule has 1 saturated carbocycles. The summed E-state index contributed by atoms with van der Waals surface area (Å²) < 4.78 is 2.03. The number of anilines is 1. The molecule has 5 heteroatoms. The average molecular weight is 397 g/mol. The Morgan fingerprint density at radius 3 is 2.60 bits per heavy atom. The van der Waals surface area contributed by atoms with Crippen LogP contribution in [0.3, 0.4) is 0 Å². The van der Waals surface area contributed by atoms with Crippen molar-refractivity contribution in [3.05, 3.63) is 38.9 Å². The normalized spacial score (nSPS) is 14.3. The lowest BCUT2D eigenvalue weighted by Crippen LogP contribution is -2.06. The molecule has 1 aromatic heterocycles. The number of rotatable bonds is 4. The highest BCUT2D eigenvalue weighted by Crippen LogP contribution is 2.44. The topological polar surface area (TPSA) is 37.8 Å². The van der Waals surface area contributed by atoms with E-state index in [0.29, 0.717) is 5.92 Å². The number of nitrogens with one attached hydrogen (secondary N) is 1. The second kappa shape index (κ2) is 5.82. The van der Waals surface area contributed by atoms with Crippen LogP contribution in [0.1, 0.15) is 31.4 Å². The van der Waals surface area contributed by atoms with E-state index in [4.69, 9.17) is 4.98 Å². The Hall–Kier alpha value is -0.940. The zero-order valence-electron chi connectivity index (χ0n) is 11.2. The minimum Gasteiger partial charge on any atom is -0.369 e. The average Bonchev–Trinajstić information content (AvgIpc) is 3.26. The summed E-state index contributed by atoms with van der Waals surface area (Å²) in [4.78, 5) is 9.45. The highest BCUT2D eigenvalue weighted by molar-refractivity contribution is 9.11. The molecule has 1 fully saturated rings. The second-order valence-electron chi connectivity index (χ2n) is 4.88. The fourth-order valence-corrected chi connectivity index (χ4v) is 3.24. The number of hydrogen-bond acceptors (Lipinski definition) is 3. The van der Waals surface area contributed by atoms with Gasteiger partial charge in [0.15, 0.2) is 5.82 Å². The fourth-order valence-electron chi connectivity index (χ4n) is 2.14. The van der Waals surface area contributed by atoms with Crippen LogP contribution >= 0.6 is 31.9 Å². The van der Waals surface area contributed by atoms with E-state index in [-0.39, 0.29) is 0 Å². The molecule has 1 heterocycles. The molecule has 0 unspecified atom stereocenters. The molecule has 0 amide bonds. The van der Waals surface area contributed by atoms with Gasteiger partial charge in [0.1, 0.15) is 5.82 Å². The largest absolute Gasteiger partial charge is 0.369 e. The number of hydrogen-bond donors (Lipinski definition) is 1. The summed E-state index contributed by atoms with van der Waals surface area (Å²) in [6, 6.07) is 8.07. The van der Waals surface area contributed by atoms with Gasteiger partial charge >= 0.3 is 0 Å². The van der Waals surface area contributed by atoms with Crippen LogP contribution in [0.4, 0.5) is 5.82 Å². The fraction of sp³-hybridized carbons (Fsp3) is 0.333. The number of benzene rings is 1. The molecule has 104 valence electrons. The first-order valence-electron chi connectivity index (χ1n) is 6.77. The molecule has 0 saturated heterocycles. The van der Waals surface area contributed by atoms with Crippen molar-refractivity contribution in [2.45, 2.75) is 25.7 Å². The predicted octanol–water partition coefficient (Wildman–Crippen LogP) is 4.98. The first-order chi connectivity index (χ1) is 9.70. The van der Waals surface area contributed by atoms with E-state index in [2.05, 4.69) is 49.1 Å². The summed E-state index contributed by atoms with van der Waals surface area (Å²) in [6.07, 6.45) is 2.44. The molecule has 1 aliphatic rings. The Bertz CT molecular complexity index is 639. The summed E-state index contributed by atoms with van der Waals surface area (Å²) in [5.41, 5.74) is 2.16. The lowest BCUT2D eigenvalue weighted by Gasteiger charge is -2.12. The Labute approximate surface area is 135 Å². The molecule has 20 heavy (non-hydrogen) atoms. The molecular weight excluding hydrogens is 382 g/mol. The molecular formula is C15H15Br2N3. The Balaban J connectivity index is 2.13. The van der Waals surface area contributed by atoms with Crippen molar-refractivity contribution < 1.29 is 0 Å². The SMILES string of the molecule is CCNc1nc(-c2ccccc2Br)nc(C2CC2)c1Br. The van der Waals surface area contributed by atoms with Crippen LogP contribution < -0.4 is 5.32 Å². The Morgan fingerprint density at radius 1 is 1.20 bits per heavy atom. The zero-order chi connectivity index (χ0) is 14.1. The highest BCUT2D eigenvalue weighted by atomic mass is 79.9. The van der Waals surface area contributed by atoms with Gasteiger partial charge in [-0.2, -0.15) is 0 Å². The summed E-state index contributed by atoms with van der Waals surface area (Å²) in [5.74, 6) is 2.24. The third-order valence-electron chi connectivity index (χ3n) is 3.30. The van der Waals surface area contributed by atoms with Crippen molar-refractivity contribution in [2.24, 2.45) is 0 Å². The second-order valence-corrected chi connectivity index (χ2v) is 6.53. The van der Waals surface area contributed by atoms with E-state index in [1.54, 1.807) is 0 Å². The lowest BCUT2D eigenvalue weighted by molar-refractivity contribution is 0.973. The molecule has 1 aromatic carbocycles. The maximum Gasteiger partial charge on any atom is 0.162 e. The van der Waals surface area contributed by atoms with E-state index >= 15 is 0 Å². The summed E-state index contributed by atoms with van der Waals surface area (Å²) in [5, 5.41) is 3.32. The summed E-state index contributed by atoms with van der Waals surface area (Å²) >= 11 is 7.23. The van der Waals surface area contributed by atoms with Crippen molar-refractivity contribution in [2.75, 3.05) is 11.9 Å². The molecule has 0 atom stereocenters. The van der Waals surface area contributed by atoms with E-state index in [1.807, 2.05) is 24.3 Å². The van der Waals surface area contributed by atoms with Crippen LogP contribution in [0.25, 0.3) is 11.4 Å². The van der Waals surface area contributed by atoms with E-state index in [0.717, 1.165) is 38.4 Å². The molecule has 0 spiro atoms. The molecule has 3 rings (SSSR count). The lowest BCUT2D eigenvalue weighted by atomic mass is 10.2. The molecule has 0 aliphatic heterocycles. The van der Waals surface area contributed by atoms with Crippen LogP contribution in [0.15, 0.2) is 33.2 Å². The summed E-state index contributed by atoms with van der Waals surface area (Å²) in [7, 11) is 0. The van der Waals surface area contributed by atoms with Crippen LogP contribution in [0, 0.1) is 0 Å². The minimum atomic E-state index is 0.575. The molecule has 1 N–H and O–H groups in total. The van der Waals surface area contributed by atoms with E-state index in [9.17, 15) is 0 Å². The third-order valence-corrected chi connectivity index (χ3v) is 4.77. The molecule has 1 aliphatic carbocycles. The Kier molecular flexibility index (Phi) is 4.08. The third kappa shape index (κ3) is 2.74. The van der Waals surface area contributed by atoms with Crippen molar-refractivity contribution in [1.29, 1.82) is 0 Å². The van der Waals surface area contributed by atoms with Crippen LogP contribution in [-0.2, 0) is 0 Å². The maximum absolute atomic E-state index is 4.78. The van der Waals surface area contributed by atoms with Gasteiger partial charge in [-0.15, -0.1) is 0 Å². The quantitative estimate of drug-likeness (QED) is 0.791. The molecule has 0 bridgehead atoms. The van der Waals surface area contributed by atoms with Crippen molar-refractivity contribution in [3.8, 4) is 11.4 Å². The first kappa shape index (κ1) is 14.0. The minimum absolute atomic E-state index is 0.575. The predicted molar refractivity (Wildman–Crippen MR) is 89.0 cm³/mol. The van der Waals surface area contributed by atoms with Crippen molar-refractivity contribution >= 4 is 37.7 Å². The number of halogens is 2. The molecule has 2 aromatic rings. The Morgan fingerprint density at radius 2 is 1.95 bits per heavy atom. The van der Waals surface area contributed by atoms with Crippen LogP contribution in [0.2, 0.25) is 0 Å². The van der Waals surface area contributed by atoms with Gasteiger partial charge in [0.2, 0.25) is 0 Å². The van der Waals surface area contributed by atoms with Gasteiger partial charge < -0.3 is 5.32 Å². The van der Waals surface area contributed by atoms with Crippen molar-refractivity contribution in [1.82, 2.24) is 9.97 Å².